The zero-order chi connectivity index (χ0) is 31.9. The van der Waals surface area contributed by atoms with E-state index in [0.717, 1.165) is 25.7 Å². The molecule has 1 nitrogen and oxygen atoms in total. The lowest BCUT2D eigenvalue weighted by atomic mass is 9.82. The second-order valence-electron chi connectivity index (χ2n) is 13.4. The fraction of sp³-hybridized carbons (Fsp3) is 0.174. The normalized spacial score (nSPS) is 19.7. The molecule has 0 saturated carbocycles. The van der Waals surface area contributed by atoms with E-state index in [4.69, 9.17) is 0 Å². The Kier molecular flexibility index (Phi) is 7.67. The lowest BCUT2D eigenvalue weighted by Gasteiger charge is -2.35. The predicted molar refractivity (Wildman–Crippen MR) is 206 cm³/mol. The molecule has 1 heterocycles. The summed E-state index contributed by atoms with van der Waals surface area (Å²) < 4.78 is 2.78. The Balaban J connectivity index is 1.18. The molecular weight excluding hydrogens is 599 g/mol. The highest BCUT2D eigenvalue weighted by atomic mass is 32.1. The Morgan fingerprint density at radius 3 is 2.31 bits per heavy atom. The Morgan fingerprint density at radius 2 is 1.50 bits per heavy atom. The number of hydrogen-bond acceptors (Lipinski definition) is 2. The molecule has 1 aromatic heterocycles. The van der Waals surface area contributed by atoms with Crippen LogP contribution in [0.3, 0.4) is 0 Å². The summed E-state index contributed by atoms with van der Waals surface area (Å²) in [6.07, 6.45) is 27.7. The van der Waals surface area contributed by atoms with Gasteiger partial charge in [-0.25, -0.2) is 0 Å². The maximum atomic E-state index is 2.62. The summed E-state index contributed by atoms with van der Waals surface area (Å²) in [5, 5.41) is 2.80. The van der Waals surface area contributed by atoms with E-state index in [2.05, 4.69) is 157 Å². The van der Waals surface area contributed by atoms with Gasteiger partial charge in [0.05, 0.1) is 4.53 Å². The van der Waals surface area contributed by atoms with Gasteiger partial charge in [0.15, 0.2) is 0 Å². The fourth-order valence-corrected chi connectivity index (χ4v) is 9.39. The molecule has 0 spiro atoms. The van der Waals surface area contributed by atoms with E-state index >= 15 is 0 Å². The van der Waals surface area contributed by atoms with Crippen LogP contribution in [-0.2, 0) is 0 Å². The second kappa shape index (κ2) is 12.6. The van der Waals surface area contributed by atoms with Crippen LogP contribution in [0.4, 0.5) is 5.69 Å². The standard InChI is InChI=1S/C46H39NS/c1-3-12-32(13-4-1)33-24-26-34(27-25-33)35-28-30-38(31-29-35)47(42-21-9-17-36-16-7-8-18-39(36)42)43-22-10-20-41-45-40(37-14-5-2-6-15-37)19-11-23-44(45)48-46(41)43/h1-6,8-9,11-12,14-15,18-21,23-32,36H,7,10,13,16-17,22H2. The van der Waals surface area contributed by atoms with Gasteiger partial charge in [0.25, 0.3) is 0 Å². The van der Waals surface area contributed by atoms with Gasteiger partial charge in [-0.15, -0.1) is 11.3 Å². The van der Waals surface area contributed by atoms with Crippen LogP contribution in [0.1, 0.15) is 50.0 Å². The molecule has 0 amide bonds. The predicted octanol–water partition coefficient (Wildman–Crippen LogP) is 11.2. The minimum atomic E-state index is 0.475. The Morgan fingerprint density at radius 1 is 0.667 bits per heavy atom. The van der Waals surface area contributed by atoms with Crippen LogP contribution < -0.4 is 14.7 Å². The molecule has 2 heteroatoms. The summed E-state index contributed by atoms with van der Waals surface area (Å²) in [7, 11) is 0. The van der Waals surface area contributed by atoms with Gasteiger partial charge in [-0.2, -0.15) is 0 Å². The van der Waals surface area contributed by atoms with Crippen molar-refractivity contribution in [2.45, 2.75) is 44.4 Å². The van der Waals surface area contributed by atoms with E-state index in [1.54, 1.807) is 0 Å². The van der Waals surface area contributed by atoms with Crippen molar-refractivity contribution in [2.75, 3.05) is 4.90 Å². The van der Waals surface area contributed by atoms with Gasteiger partial charge >= 0.3 is 0 Å². The van der Waals surface area contributed by atoms with Crippen molar-refractivity contribution in [3.63, 3.8) is 0 Å². The summed E-state index contributed by atoms with van der Waals surface area (Å²) in [5.41, 5.74) is 12.0. The highest BCUT2D eigenvalue weighted by molar-refractivity contribution is 7.17. The third kappa shape index (κ3) is 5.25. The highest BCUT2D eigenvalue weighted by Gasteiger charge is 2.28. The molecule has 2 unspecified atom stereocenters. The third-order valence-electron chi connectivity index (χ3n) is 10.5. The van der Waals surface area contributed by atoms with Gasteiger partial charge in [-0.3, -0.25) is 0 Å². The molecule has 0 bridgehead atoms. The Labute approximate surface area is 287 Å². The minimum Gasteiger partial charge on any atom is -0.313 e. The van der Waals surface area contributed by atoms with Gasteiger partial charge < -0.3 is 4.90 Å². The number of rotatable bonds is 6. The van der Waals surface area contributed by atoms with E-state index in [1.165, 1.54) is 83.2 Å². The van der Waals surface area contributed by atoms with Crippen molar-refractivity contribution in [3.05, 3.63) is 172 Å². The lowest BCUT2D eigenvalue weighted by molar-refractivity contribution is 0.559. The molecule has 4 aliphatic carbocycles. The maximum Gasteiger partial charge on any atom is 0.0551 e. The zero-order valence-corrected chi connectivity index (χ0v) is 28.0. The highest BCUT2D eigenvalue weighted by Crippen LogP contribution is 2.40. The molecule has 234 valence electrons. The van der Waals surface area contributed by atoms with E-state index in [9.17, 15) is 0 Å². The first kappa shape index (κ1) is 29.2. The van der Waals surface area contributed by atoms with Gasteiger partial charge in [-0.1, -0.05) is 127 Å². The molecular formula is C46H39NS. The number of allylic oxidation sites excluding steroid dienone is 9. The van der Waals surface area contributed by atoms with Gasteiger partial charge in [-0.05, 0) is 107 Å². The molecule has 0 saturated heterocycles. The average molecular weight is 638 g/mol. The molecule has 0 fully saturated rings. The topological polar surface area (TPSA) is 3.24 Å². The van der Waals surface area contributed by atoms with Gasteiger partial charge in [0, 0.05) is 33.1 Å². The largest absolute Gasteiger partial charge is 0.313 e. The van der Waals surface area contributed by atoms with Gasteiger partial charge in [0.2, 0.25) is 0 Å². The summed E-state index contributed by atoms with van der Waals surface area (Å²) in [5.74, 6) is 1.06. The second-order valence-corrected chi connectivity index (χ2v) is 14.4. The summed E-state index contributed by atoms with van der Waals surface area (Å²) in [6.45, 7) is 0. The van der Waals surface area contributed by atoms with Crippen molar-refractivity contribution < 1.29 is 0 Å². The fourth-order valence-electron chi connectivity index (χ4n) is 8.10. The lowest BCUT2D eigenvalue weighted by Crippen LogP contribution is -2.35. The molecule has 9 rings (SSSR count). The smallest absolute Gasteiger partial charge is 0.0551 e. The number of hydrogen-bond donors (Lipinski definition) is 0. The molecule has 0 aliphatic heterocycles. The maximum absolute atomic E-state index is 2.62. The van der Waals surface area contributed by atoms with Crippen LogP contribution in [0, 0.1) is 5.92 Å². The van der Waals surface area contributed by atoms with Crippen molar-refractivity contribution in [3.8, 4) is 22.3 Å². The molecule has 5 aromatic rings. The van der Waals surface area contributed by atoms with Crippen molar-refractivity contribution in [1.29, 1.82) is 0 Å². The van der Waals surface area contributed by atoms with Crippen molar-refractivity contribution in [1.82, 2.24) is 0 Å². The Hall–Kier alpha value is -4.92. The summed E-state index contributed by atoms with van der Waals surface area (Å²) >= 11 is 1.96. The van der Waals surface area contributed by atoms with Crippen molar-refractivity contribution >= 4 is 38.9 Å². The van der Waals surface area contributed by atoms with E-state index < -0.39 is 0 Å². The Bertz CT molecular complexity index is 2270. The molecule has 4 aromatic carbocycles. The third-order valence-corrected chi connectivity index (χ3v) is 11.7. The number of fused-ring (bicyclic) bond motifs is 4. The van der Waals surface area contributed by atoms with Gasteiger partial charge in [0.1, 0.15) is 0 Å². The van der Waals surface area contributed by atoms with Crippen LogP contribution in [-0.4, -0.2) is 0 Å². The average Bonchev–Trinajstić information content (AvgIpc) is 3.56. The summed E-state index contributed by atoms with van der Waals surface area (Å²) in [6, 6.07) is 36.3. The van der Waals surface area contributed by atoms with Crippen molar-refractivity contribution in [2.24, 2.45) is 5.92 Å². The summed E-state index contributed by atoms with van der Waals surface area (Å²) in [4.78, 5) is 2.62. The van der Waals surface area contributed by atoms with E-state index in [0.29, 0.717) is 11.8 Å². The number of benzene rings is 4. The molecule has 4 aliphatic rings. The quantitative estimate of drug-likeness (QED) is 0.179. The van der Waals surface area contributed by atoms with Crippen LogP contribution in [0.15, 0.2) is 157 Å². The molecule has 2 atom stereocenters. The minimum absolute atomic E-state index is 0.475. The SMILES string of the molecule is C1=CCC(c2ccc(-c3ccc(N(C4=C5C=CCCC5CC=C4)C4=c5sc6cccc(-c7ccccc7)c6c5=CCC4)cc3)cc2)C=C1. The van der Waals surface area contributed by atoms with Crippen LogP contribution in [0.2, 0.25) is 0 Å². The molecule has 0 N–H and O–H groups in total. The monoisotopic (exact) mass is 637 g/mol. The van der Waals surface area contributed by atoms with Crippen LogP contribution in [0.5, 0.6) is 0 Å². The number of nitrogens with zero attached hydrogens (tertiary/aromatic N) is 1. The number of anilines is 1. The zero-order valence-electron chi connectivity index (χ0n) is 27.2. The molecule has 48 heavy (non-hydrogen) atoms. The van der Waals surface area contributed by atoms with E-state index in [-0.39, 0.29) is 0 Å². The first-order valence-corrected chi connectivity index (χ1v) is 18.3. The number of thiophene rings is 1. The van der Waals surface area contributed by atoms with Crippen LogP contribution >= 0.6 is 11.3 Å². The van der Waals surface area contributed by atoms with Crippen LogP contribution in [0.25, 0.3) is 44.1 Å². The first-order valence-electron chi connectivity index (χ1n) is 17.5. The first-order chi connectivity index (χ1) is 23.8. The molecule has 0 radical (unpaired) electrons. The van der Waals surface area contributed by atoms with E-state index in [1.807, 2.05) is 11.3 Å².